The van der Waals surface area contributed by atoms with E-state index in [1.165, 1.54) is 24.6 Å². The fraction of sp³-hybridized carbons (Fsp3) is 0.483. The lowest BCUT2D eigenvalue weighted by Crippen LogP contribution is -2.55. The van der Waals surface area contributed by atoms with E-state index >= 15 is 0 Å². The van der Waals surface area contributed by atoms with Crippen LogP contribution in [-0.2, 0) is 33.3 Å². The standard InChI is InChI=1S/C29H38O7Si/c1-33-27(31)16-18-29(35-19-20-36-29)22-23(28(32)34-2)14-15-24(30)17-21-37(3,25-10-6-4-7-11-25)26-12-8-5-9-13-26/h4-13,23H,14-22H2,1-3H3. The third kappa shape index (κ3) is 7.83. The molecule has 7 nitrogen and oxygen atoms in total. The zero-order chi connectivity index (χ0) is 26.7. The van der Waals surface area contributed by atoms with Crippen molar-refractivity contribution in [1.82, 2.24) is 0 Å². The molecule has 1 fully saturated rings. The maximum atomic E-state index is 13.1. The predicted octanol–water partition coefficient (Wildman–Crippen LogP) is 3.49. The summed E-state index contributed by atoms with van der Waals surface area (Å²) >= 11 is 0. The molecule has 1 atom stereocenters. The maximum Gasteiger partial charge on any atom is 0.308 e. The lowest BCUT2D eigenvalue weighted by Gasteiger charge is -2.30. The molecule has 1 heterocycles. The Labute approximate surface area is 220 Å². The first kappa shape index (κ1) is 28.8. The summed E-state index contributed by atoms with van der Waals surface area (Å²) in [4.78, 5) is 37.4. The number of carbonyl (C=O) groups excluding carboxylic acids is 3. The van der Waals surface area contributed by atoms with Crippen molar-refractivity contribution in [3.05, 3.63) is 60.7 Å². The third-order valence-corrected chi connectivity index (χ3v) is 11.8. The van der Waals surface area contributed by atoms with Gasteiger partial charge in [-0.3, -0.25) is 14.4 Å². The number of ketones is 1. The molecular weight excluding hydrogens is 488 g/mol. The summed E-state index contributed by atoms with van der Waals surface area (Å²) in [6.07, 6.45) is 1.67. The molecule has 1 aliphatic heterocycles. The highest BCUT2D eigenvalue weighted by atomic mass is 28.3. The van der Waals surface area contributed by atoms with E-state index in [0.29, 0.717) is 26.1 Å². The van der Waals surface area contributed by atoms with Crippen molar-refractivity contribution in [2.75, 3.05) is 27.4 Å². The zero-order valence-corrected chi connectivity index (χ0v) is 23.1. The molecule has 8 heteroatoms. The van der Waals surface area contributed by atoms with Gasteiger partial charge in [0.25, 0.3) is 0 Å². The number of Topliss-reactive ketones (excluding diaryl/α,β-unsaturated/α-hetero) is 1. The van der Waals surface area contributed by atoms with Gasteiger partial charge in [0.2, 0.25) is 0 Å². The van der Waals surface area contributed by atoms with Crippen molar-refractivity contribution < 1.29 is 33.3 Å². The van der Waals surface area contributed by atoms with Gasteiger partial charge >= 0.3 is 11.9 Å². The second-order valence-corrected chi connectivity index (χ2v) is 14.1. The van der Waals surface area contributed by atoms with E-state index in [2.05, 4.69) is 55.1 Å². The third-order valence-electron chi connectivity index (χ3n) is 7.34. The molecule has 0 saturated carbocycles. The Bertz CT molecular complexity index is 980. The number of hydrogen-bond acceptors (Lipinski definition) is 7. The first-order valence-corrected chi connectivity index (χ1v) is 15.6. The summed E-state index contributed by atoms with van der Waals surface area (Å²) in [6.45, 7) is 3.08. The molecule has 2 aromatic carbocycles. The van der Waals surface area contributed by atoms with E-state index in [4.69, 9.17) is 18.9 Å². The van der Waals surface area contributed by atoms with Crippen molar-refractivity contribution >= 4 is 36.2 Å². The van der Waals surface area contributed by atoms with Crippen LogP contribution in [0.15, 0.2) is 60.7 Å². The van der Waals surface area contributed by atoms with Gasteiger partial charge in [-0.15, -0.1) is 0 Å². The summed E-state index contributed by atoms with van der Waals surface area (Å²) in [6, 6.07) is 21.7. The lowest BCUT2D eigenvalue weighted by molar-refractivity contribution is -0.186. The molecule has 1 aliphatic rings. The second-order valence-electron chi connectivity index (χ2n) is 9.75. The Morgan fingerprint density at radius 3 is 1.95 bits per heavy atom. The molecule has 0 N–H and O–H groups in total. The van der Waals surface area contributed by atoms with Crippen LogP contribution in [0.2, 0.25) is 12.6 Å². The van der Waals surface area contributed by atoms with Crippen molar-refractivity contribution in [3.63, 3.8) is 0 Å². The van der Waals surface area contributed by atoms with Gasteiger partial charge in [0.05, 0.1) is 39.8 Å². The molecular formula is C29H38O7Si. The summed E-state index contributed by atoms with van der Waals surface area (Å²) < 4.78 is 21.5. The van der Waals surface area contributed by atoms with Crippen LogP contribution in [0.4, 0.5) is 0 Å². The quantitative estimate of drug-likeness (QED) is 0.275. The highest BCUT2D eigenvalue weighted by Crippen LogP contribution is 2.34. The van der Waals surface area contributed by atoms with Crippen LogP contribution in [0.5, 0.6) is 0 Å². The Morgan fingerprint density at radius 1 is 0.865 bits per heavy atom. The highest BCUT2D eigenvalue weighted by Gasteiger charge is 2.41. The predicted molar refractivity (Wildman–Crippen MR) is 143 cm³/mol. The number of carbonyl (C=O) groups is 3. The van der Waals surface area contributed by atoms with Crippen LogP contribution < -0.4 is 10.4 Å². The van der Waals surface area contributed by atoms with Gasteiger partial charge in [-0.25, -0.2) is 0 Å². The number of methoxy groups -OCH3 is 2. The van der Waals surface area contributed by atoms with E-state index in [9.17, 15) is 14.4 Å². The topological polar surface area (TPSA) is 88.1 Å². The number of rotatable bonds is 14. The molecule has 2 aromatic rings. The van der Waals surface area contributed by atoms with Gasteiger partial charge < -0.3 is 18.9 Å². The second kappa shape index (κ2) is 13.7. The molecule has 0 aliphatic carbocycles. The van der Waals surface area contributed by atoms with Gasteiger partial charge in [-0.2, -0.15) is 0 Å². The Morgan fingerprint density at radius 2 is 1.43 bits per heavy atom. The van der Waals surface area contributed by atoms with Gasteiger partial charge in [0.15, 0.2) is 5.79 Å². The van der Waals surface area contributed by atoms with Crippen molar-refractivity contribution in [2.24, 2.45) is 5.92 Å². The first-order valence-electron chi connectivity index (χ1n) is 12.9. The van der Waals surface area contributed by atoms with E-state index in [0.717, 1.165) is 6.04 Å². The van der Waals surface area contributed by atoms with Crippen LogP contribution in [0.25, 0.3) is 0 Å². The lowest BCUT2D eigenvalue weighted by atomic mass is 9.91. The first-order chi connectivity index (χ1) is 17.8. The summed E-state index contributed by atoms with van der Waals surface area (Å²) in [7, 11) is 0.557. The normalized spacial score (nSPS) is 15.6. The monoisotopic (exact) mass is 526 g/mol. The fourth-order valence-corrected chi connectivity index (χ4v) is 8.56. The summed E-state index contributed by atoms with van der Waals surface area (Å²) in [5.41, 5.74) is 0. The van der Waals surface area contributed by atoms with Crippen LogP contribution in [-0.4, -0.2) is 59.0 Å². The van der Waals surface area contributed by atoms with E-state index in [1.54, 1.807) is 0 Å². The van der Waals surface area contributed by atoms with Crippen LogP contribution in [0, 0.1) is 5.92 Å². The average Bonchev–Trinajstić information content (AvgIpc) is 3.41. The van der Waals surface area contributed by atoms with E-state index in [-0.39, 0.29) is 37.4 Å². The van der Waals surface area contributed by atoms with E-state index in [1.807, 2.05) is 12.1 Å². The van der Waals surface area contributed by atoms with Crippen LogP contribution in [0.3, 0.4) is 0 Å². The molecule has 1 saturated heterocycles. The molecule has 200 valence electrons. The van der Waals surface area contributed by atoms with Crippen molar-refractivity contribution in [2.45, 2.75) is 56.9 Å². The molecule has 0 aromatic heterocycles. The van der Waals surface area contributed by atoms with Crippen LogP contribution in [0.1, 0.15) is 38.5 Å². The number of ether oxygens (including phenoxy) is 4. The Kier molecular flexibility index (Phi) is 10.6. The van der Waals surface area contributed by atoms with Gasteiger partial charge in [-0.05, 0) is 12.5 Å². The number of benzene rings is 2. The smallest absolute Gasteiger partial charge is 0.308 e. The maximum absolute atomic E-state index is 13.1. The molecule has 1 unspecified atom stereocenters. The Hall–Kier alpha value is -2.81. The zero-order valence-electron chi connectivity index (χ0n) is 22.1. The minimum atomic E-state index is -2.11. The average molecular weight is 527 g/mol. The fourth-order valence-electron chi connectivity index (χ4n) is 5.02. The van der Waals surface area contributed by atoms with Crippen LogP contribution >= 0.6 is 0 Å². The van der Waals surface area contributed by atoms with Gasteiger partial charge in [-0.1, -0.05) is 77.6 Å². The molecule has 3 rings (SSSR count). The molecule has 0 spiro atoms. The molecule has 0 radical (unpaired) electrons. The SMILES string of the molecule is COC(=O)CCC1(CC(CCC(=O)CC[Si](C)(c2ccccc2)c2ccccc2)C(=O)OC)OCCO1. The van der Waals surface area contributed by atoms with Crippen molar-refractivity contribution in [3.8, 4) is 0 Å². The largest absolute Gasteiger partial charge is 0.469 e. The highest BCUT2D eigenvalue weighted by molar-refractivity contribution is 7.01. The van der Waals surface area contributed by atoms with Gasteiger partial charge in [0.1, 0.15) is 13.9 Å². The minimum Gasteiger partial charge on any atom is -0.469 e. The van der Waals surface area contributed by atoms with E-state index < -0.39 is 25.7 Å². The Balaban J connectivity index is 1.65. The van der Waals surface area contributed by atoms with Crippen molar-refractivity contribution in [1.29, 1.82) is 0 Å². The summed E-state index contributed by atoms with van der Waals surface area (Å²) in [5.74, 6) is -2.28. The molecule has 0 amide bonds. The summed E-state index contributed by atoms with van der Waals surface area (Å²) in [5, 5.41) is 2.59. The number of esters is 2. The number of hydrogen-bond donors (Lipinski definition) is 0. The van der Waals surface area contributed by atoms with Gasteiger partial charge in [0, 0.05) is 25.7 Å². The minimum absolute atomic E-state index is 0.117. The molecule has 0 bridgehead atoms. The molecule has 37 heavy (non-hydrogen) atoms.